The van der Waals surface area contributed by atoms with Crippen molar-refractivity contribution in [3.8, 4) is 0 Å². The van der Waals surface area contributed by atoms with Gasteiger partial charge in [-0.1, -0.05) is 27.7 Å². The van der Waals surface area contributed by atoms with Gasteiger partial charge >= 0.3 is 5.69 Å². The fourth-order valence-electron chi connectivity index (χ4n) is 3.26. The first-order valence-electron chi connectivity index (χ1n) is 9.58. The molecule has 3 heterocycles. The summed E-state index contributed by atoms with van der Waals surface area (Å²) in [6, 6.07) is 0. The average Bonchev–Trinajstić information content (AvgIpc) is 3.12. The maximum atomic E-state index is 13.1. The minimum atomic E-state index is -0.465. The van der Waals surface area contributed by atoms with Crippen molar-refractivity contribution in [2.45, 2.75) is 52.6 Å². The summed E-state index contributed by atoms with van der Waals surface area (Å²) >= 11 is 0. The van der Waals surface area contributed by atoms with Crippen molar-refractivity contribution in [2.75, 3.05) is 26.3 Å². The van der Waals surface area contributed by atoms with E-state index in [9.17, 15) is 14.4 Å². The zero-order valence-corrected chi connectivity index (χ0v) is 16.9. The van der Waals surface area contributed by atoms with Crippen molar-refractivity contribution in [1.29, 1.82) is 0 Å². The standard InChI is InChI=1S/C19H27N5O4/c1-5-6-23-16(26)14-15(21-17(20-14)19(2,3)4)24(18(23)27)11-13(12-25)22-7-9-28-10-8-22/h5-11H2,1-4H3,(H,20,21). The summed E-state index contributed by atoms with van der Waals surface area (Å²) in [5.74, 6) is 2.58. The van der Waals surface area contributed by atoms with Crippen LogP contribution >= 0.6 is 0 Å². The number of H-pyrrole nitrogens is 1. The van der Waals surface area contributed by atoms with E-state index in [0.717, 1.165) is 0 Å². The molecule has 9 nitrogen and oxygen atoms in total. The molecule has 1 N–H and O–H groups in total. The molecule has 0 aliphatic carbocycles. The molecule has 1 aliphatic heterocycles. The number of morpholine rings is 1. The van der Waals surface area contributed by atoms with E-state index in [1.807, 2.05) is 38.5 Å². The van der Waals surface area contributed by atoms with Gasteiger partial charge in [0.25, 0.3) is 5.56 Å². The number of hydrogen-bond donors (Lipinski definition) is 1. The smallest absolute Gasteiger partial charge is 0.333 e. The highest BCUT2D eigenvalue weighted by Gasteiger charge is 2.24. The van der Waals surface area contributed by atoms with Crippen LogP contribution in [0.4, 0.5) is 0 Å². The monoisotopic (exact) mass is 389 g/mol. The van der Waals surface area contributed by atoms with E-state index in [1.54, 1.807) is 0 Å². The molecule has 0 amide bonds. The van der Waals surface area contributed by atoms with Crippen LogP contribution < -0.4 is 11.2 Å². The Morgan fingerprint density at radius 2 is 1.89 bits per heavy atom. The molecule has 0 atom stereocenters. The molecule has 2 aromatic rings. The van der Waals surface area contributed by atoms with Crippen LogP contribution in [-0.4, -0.2) is 56.2 Å². The zero-order valence-electron chi connectivity index (χ0n) is 16.9. The van der Waals surface area contributed by atoms with Gasteiger partial charge in [0.2, 0.25) is 0 Å². The molecule has 3 rings (SSSR count). The SMILES string of the molecule is CCCn1c(=O)c2[nH]c(C(C)(C)C)nc2n(CC(=C=O)N2CCOCC2)c1=O. The summed E-state index contributed by atoms with van der Waals surface area (Å²) in [4.78, 5) is 47.1. The van der Waals surface area contributed by atoms with E-state index in [1.165, 1.54) is 9.13 Å². The van der Waals surface area contributed by atoms with E-state index in [-0.39, 0.29) is 28.7 Å². The molecule has 0 unspecified atom stereocenters. The van der Waals surface area contributed by atoms with Gasteiger partial charge in [0.1, 0.15) is 23.0 Å². The fraction of sp³-hybridized carbons (Fsp3) is 0.632. The van der Waals surface area contributed by atoms with Gasteiger partial charge in [0.15, 0.2) is 5.65 Å². The fourth-order valence-corrected chi connectivity index (χ4v) is 3.26. The Hall–Kier alpha value is -2.64. The number of allylic oxidation sites excluding steroid dienone is 1. The molecule has 0 saturated carbocycles. The van der Waals surface area contributed by atoms with E-state index < -0.39 is 5.69 Å². The van der Waals surface area contributed by atoms with Crippen molar-refractivity contribution in [3.05, 3.63) is 32.4 Å². The molecule has 0 aromatic carbocycles. The second-order valence-electron chi connectivity index (χ2n) is 8.01. The van der Waals surface area contributed by atoms with E-state index in [2.05, 4.69) is 9.97 Å². The second-order valence-corrected chi connectivity index (χ2v) is 8.01. The summed E-state index contributed by atoms with van der Waals surface area (Å²) in [5.41, 5.74) is -0.265. The third kappa shape index (κ3) is 3.68. The second kappa shape index (κ2) is 7.77. The molecule has 152 valence electrons. The lowest BCUT2D eigenvalue weighted by Gasteiger charge is -2.29. The number of aromatic amines is 1. The first-order valence-corrected chi connectivity index (χ1v) is 9.58. The number of nitrogens with one attached hydrogen (secondary N) is 1. The van der Waals surface area contributed by atoms with Gasteiger partial charge < -0.3 is 14.6 Å². The van der Waals surface area contributed by atoms with Gasteiger partial charge in [0, 0.05) is 25.0 Å². The lowest BCUT2D eigenvalue weighted by Crippen LogP contribution is -2.43. The Kier molecular flexibility index (Phi) is 5.58. The van der Waals surface area contributed by atoms with Crippen LogP contribution in [0.3, 0.4) is 0 Å². The number of fused-ring (bicyclic) bond motifs is 1. The van der Waals surface area contributed by atoms with Gasteiger partial charge in [-0.2, -0.15) is 0 Å². The van der Waals surface area contributed by atoms with Crippen LogP contribution in [0.15, 0.2) is 15.3 Å². The molecule has 9 heteroatoms. The van der Waals surface area contributed by atoms with E-state index in [0.29, 0.717) is 50.8 Å². The lowest BCUT2D eigenvalue weighted by atomic mass is 9.96. The van der Waals surface area contributed by atoms with E-state index >= 15 is 0 Å². The molecule has 1 fully saturated rings. The molecule has 2 aromatic heterocycles. The molecule has 1 aliphatic rings. The number of ether oxygens (including phenoxy) is 1. The topological polar surface area (TPSA) is 102 Å². The maximum absolute atomic E-state index is 13.1. The molecular weight excluding hydrogens is 362 g/mol. The molecule has 0 bridgehead atoms. The van der Waals surface area contributed by atoms with Crippen LogP contribution in [0.2, 0.25) is 0 Å². The Labute approximate surface area is 162 Å². The highest BCUT2D eigenvalue weighted by atomic mass is 16.5. The van der Waals surface area contributed by atoms with Gasteiger partial charge in [-0.05, 0) is 6.42 Å². The van der Waals surface area contributed by atoms with E-state index in [4.69, 9.17) is 4.74 Å². The quantitative estimate of drug-likeness (QED) is 0.753. The number of rotatable bonds is 5. The summed E-state index contributed by atoms with van der Waals surface area (Å²) in [7, 11) is 0. The van der Waals surface area contributed by atoms with Gasteiger partial charge in [-0.3, -0.25) is 13.9 Å². The molecule has 0 spiro atoms. The molecular formula is C19H27N5O4. The number of aromatic nitrogens is 4. The zero-order chi connectivity index (χ0) is 20.5. The predicted molar refractivity (Wildman–Crippen MR) is 105 cm³/mol. The minimum absolute atomic E-state index is 0.0112. The van der Waals surface area contributed by atoms with Crippen molar-refractivity contribution >= 4 is 17.1 Å². The number of hydrogen-bond acceptors (Lipinski definition) is 6. The summed E-state index contributed by atoms with van der Waals surface area (Å²) in [5, 5.41) is 0. The van der Waals surface area contributed by atoms with Crippen molar-refractivity contribution in [1.82, 2.24) is 24.0 Å². The van der Waals surface area contributed by atoms with Crippen molar-refractivity contribution in [3.63, 3.8) is 0 Å². The van der Waals surface area contributed by atoms with Crippen molar-refractivity contribution < 1.29 is 9.53 Å². The Morgan fingerprint density at radius 1 is 1.21 bits per heavy atom. The minimum Gasteiger partial charge on any atom is -0.378 e. The first-order chi connectivity index (χ1) is 13.3. The third-order valence-electron chi connectivity index (χ3n) is 4.84. The normalized spacial score (nSPS) is 15.1. The largest absolute Gasteiger partial charge is 0.378 e. The average molecular weight is 389 g/mol. The number of imidazole rings is 1. The Balaban J connectivity index is 2.19. The van der Waals surface area contributed by atoms with Crippen LogP contribution in [0, 0.1) is 0 Å². The van der Waals surface area contributed by atoms with Gasteiger partial charge in [0.05, 0.1) is 19.8 Å². The summed E-state index contributed by atoms with van der Waals surface area (Å²) < 4.78 is 7.93. The summed E-state index contributed by atoms with van der Waals surface area (Å²) in [6.45, 7) is 10.3. The molecule has 28 heavy (non-hydrogen) atoms. The highest BCUT2D eigenvalue weighted by molar-refractivity contribution is 5.70. The molecule has 0 radical (unpaired) electrons. The third-order valence-corrected chi connectivity index (χ3v) is 4.84. The Morgan fingerprint density at radius 3 is 2.46 bits per heavy atom. The number of carbonyl (C=O) groups excluding carboxylic acids is 1. The van der Waals surface area contributed by atoms with Gasteiger partial charge in [-0.15, -0.1) is 0 Å². The molecule has 1 saturated heterocycles. The highest BCUT2D eigenvalue weighted by Crippen LogP contribution is 2.21. The Bertz CT molecular complexity index is 1030. The number of nitrogens with zero attached hydrogens (tertiary/aromatic N) is 4. The first kappa shape index (κ1) is 20.1. The lowest BCUT2D eigenvalue weighted by molar-refractivity contribution is 0.0522. The van der Waals surface area contributed by atoms with Crippen molar-refractivity contribution in [2.24, 2.45) is 0 Å². The van der Waals surface area contributed by atoms with Crippen LogP contribution in [0.5, 0.6) is 0 Å². The maximum Gasteiger partial charge on any atom is 0.333 e. The van der Waals surface area contributed by atoms with Gasteiger partial charge in [-0.25, -0.2) is 14.6 Å². The van der Waals surface area contributed by atoms with Crippen LogP contribution in [0.25, 0.3) is 11.2 Å². The van der Waals surface area contributed by atoms with Crippen LogP contribution in [-0.2, 0) is 28.0 Å². The predicted octanol–water partition coefficient (Wildman–Crippen LogP) is 0.642. The van der Waals surface area contributed by atoms with Crippen LogP contribution in [0.1, 0.15) is 39.9 Å². The summed E-state index contributed by atoms with van der Waals surface area (Å²) in [6.07, 6.45) is 0.640.